The fraction of sp³-hybridized carbons (Fsp3) is 0.368. The third kappa shape index (κ3) is 3.47. The number of methoxy groups -OCH3 is 1. The molecule has 26 heavy (non-hydrogen) atoms. The van der Waals surface area contributed by atoms with Crippen LogP contribution in [0.5, 0.6) is 5.75 Å². The summed E-state index contributed by atoms with van der Waals surface area (Å²) in [6.07, 6.45) is -0.641. The number of halogens is 1. The largest absolute Gasteiger partial charge is 0.495 e. The molecular weight excluding hydrogens is 357 g/mol. The van der Waals surface area contributed by atoms with Crippen LogP contribution in [0.1, 0.15) is 22.8 Å². The number of morpholine rings is 1. The number of benzene rings is 2. The quantitative estimate of drug-likeness (QED) is 0.819. The lowest BCUT2D eigenvalue weighted by molar-refractivity contribution is -0.00446. The predicted molar refractivity (Wildman–Crippen MR) is 96.3 cm³/mol. The minimum atomic E-state index is -3.79. The minimum Gasteiger partial charge on any atom is -0.495 e. The van der Waals surface area contributed by atoms with Gasteiger partial charge in [0.1, 0.15) is 16.5 Å². The van der Waals surface area contributed by atoms with E-state index >= 15 is 0 Å². The molecule has 0 saturated carbocycles. The third-order valence-electron chi connectivity index (χ3n) is 4.68. The van der Waals surface area contributed by atoms with Crippen molar-refractivity contribution in [3.05, 3.63) is 58.9 Å². The number of hydrogen-bond acceptors (Lipinski definition) is 4. The van der Waals surface area contributed by atoms with Gasteiger partial charge in [0.15, 0.2) is 0 Å². The van der Waals surface area contributed by atoms with Gasteiger partial charge in [0.05, 0.1) is 19.8 Å². The molecule has 2 aromatic rings. The number of ether oxygens (including phenoxy) is 2. The van der Waals surface area contributed by atoms with E-state index in [0.29, 0.717) is 11.3 Å². The summed E-state index contributed by atoms with van der Waals surface area (Å²) in [6.45, 7) is 4.22. The van der Waals surface area contributed by atoms with Crippen LogP contribution >= 0.6 is 0 Å². The van der Waals surface area contributed by atoms with Crippen LogP contribution < -0.4 is 4.74 Å². The second-order valence-corrected chi connectivity index (χ2v) is 8.24. The Hall–Kier alpha value is -1.96. The first-order valence-corrected chi connectivity index (χ1v) is 9.80. The molecule has 0 aliphatic carbocycles. The van der Waals surface area contributed by atoms with Crippen molar-refractivity contribution in [2.75, 3.05) is 26.8 Å². The Morgan fingerprint density at radius 3 is 2.58 bits per heavy atom. The van der Waals surface area contributed by atoms with E-state index in [1.807, 2.05) is 13.8 Å². The number of rotatable bonds is 4. The molecule has 1 fully saturated rings. The molecule has 3 rings (SSSR count). The molecule has 0 aromatic heterocycles. The summed E-state index contributed by atoms with van der Waals surface area (Å²) in [7, 11) is -2.34. The van der Waals surface area contributed by atoms with Gasteiger partial charge in [0.25, 0.3) is 0 Å². The van der Waals surface area contributed by atoms with Crippen molar-refractivity contribution in [3.8, 4) is 5.75 Å². The molecule has 0 radical (unpaired) electrons. The summed E-state index contributed by atoms with van der Waals surface area (Å²) in [4.78, 5) is 0.122. The average molecular weight is 379 g/mol. The van der Waals surface area contributed by atoms with Gasteiger partial charge in [0, 0.05) is 18.7 Å². The molecule has 7 heteroatoms. The van der Waals surface area contributed by atoms with E-state index in [9.17, 15) is 12.8 Å². The van der Waals surface area contributed by atoms with E-state index < -0.39 is 21.9 Å². The van der Waals surface area contributed by atoms with E-state index in [1.54, 1.807) is 30.3 Å². The summed E-state index contributed by atoms with van der Waals surface area (Å²) in [5.41, 5.74) is 2.18. The van der Waals surface area contributed by atoms with Gasteiger partial charge in [0.2, 0.25) is 10.0 Å². The van der Waals surface area contributed by atoms with Crippen LogP contribution in [0.15, 0.2) is 41.3 Å². The van der Waals surface area contributed by atoms with E-state index in [0.717, 1.165) is 11.1 Å². The molecule has 1 saturated heterocycles. The summed E-state index contributed by atoms with van der Waals surface area (Å²) in [6, 6.07) is 9.61. The number of hydrogen-bond donors (Lipinski definition) is 0. The standard InChI is InChI=1S/C19H22FNO4S/c1-13-10-17(24-3)19(11-14(13)2)26(22,23)21-8-9-25-18(12-21)15-6-4-5-7-16(15)20/h4-7,10-11,18H,8-9,12H2,1-3H3. The molecule has 0 spiro atoms. The van der Waals surface area contributed by atoms with E-state index in [-0.39, 0.29) is 24.6 Å². The van der Waals surface area contributed by atoms with Crippen LogP contribution in [0.25, 0.3) is 0 Å². The van der Waals surface area contributed by atoms with Gasteiger partial charge in [-0.3, -0.25) is 0 Å². The van der Waals surface area contributed by atoms with Crippen molar-refractivity contribution >= 4 is 10.0 Å². The number of sulfonamides is 1. The first kappa shape index (κ1) is 18.8. The van der Waals surface area contributed by atoms with E-state index in [2.05, 4.69) is 0 Å². The van der Waals surface area contributed by atoms with Crippen molar-refractivity contribution in [2.24, 2.45) is 0 Å². The van der Waals surface area contributed by atoms with E-state index in [4.69, 9.17) is 9.47 Å². The van der Waals surface area contributed by atoms with Crippen LogP contribution in [0.2, 0.25) is 0 Å². The first-order chi connectivity index (χ1) is 12.3. The maximum Gasteiger partial charge on any atom is 0.246 e. The highest BCUT2D eigenvalue weighted by atomic mass is 32.2. The lowest BCUT2D eigenvalue weighted by Gasteiger charge is -2.33. The van der Waals surface area contributed by atoms with Gasteiger partial charge in [-0.15, -0.1) is 0 Å². The van der Waals surface area contributed by atoms with Crippen LogP contribution in [0, 0.1) is 19.7 Å². The highest BCUT2D eigenvalue weighted by Gasteiger charge is 2.34. The molecular formula is C19H22FNO4S. The first-order valence-electron chi connectivity index (χ1n) is 8.36. The van der Waals surface area contributed by atoms with Gasteiger partial charge in [-0.2, -0.15) is 4.31 Å². The highest BCUT2D eigenvalue weighted by molar-refractivity contribution is 7.89. The maximum absolute atomic E-state index is 14.1. The second-order valence-electron chi connectivity index (χ2n) is 6.33. The Morgan fingerprint density at radius 2 is 1.88 bits per heavy atom. The van der Waals surface area contributed by atoms with Gasteiger partial charge < -0.3 is 9.47 Å². The van der Waals surface area contributed by atoms with Crippen molar-refractivity contribution in [1.82, 2.24) is 4.31 Å². The third-order valence-corrected chi connectivity index (χ3v) is 6.57. The normalized spacial score (nSPS) is 18.7. The molecule has 0 N–H and O–H groups in total. The van der Waals surface area contributed by atoms with Crippen molar-refractivity contribution < 1.29 is 22.3 Å². The van der Waals surface area contributed by atoms with Crippen LogP contribution in [0.4, 0.5) is 4.39 Å². The summed E-state index contributed by atoms with van der Waals surface area (Å²) < 4.78 is 52.7. The zero-order chi connectivity index (χ0) is 18.9. The fourth-order valence-corrected chi connectivity index (χ4v) is 4.68. The molecule has 0 bridgehead atoms. The summed E-state index contributed by atoms with van der Waals surface area (Å²) in [5.74, 6) is -0.0949. The zero-order valence-corrected chi connectivity index (χ0v) is 15.8. The predicted octanol–water partition coefficient (Wildman–Crippen LogP) is 3.21. The molecule has 5 nitrogen and oxygen atoms in total. The Morgan fingerprint density at radius 1 is 1.19 bits per heavy atom. The van der Waals surface area contributed by atoms with Crippen molar-refractivity contribution in [3.63, 3.8) is 0 Å². The van der Waals surface area contributed by atoms with Crippen LogP contribution in [-0.4, -0.2) is 39.5 Å². The van der Waals surface area contributed by atoms with Crippen LogP contribution in [0.3, 0.4) is 0 Å². The number of aryl methyl sites for hydroxylation is 2. The molecule has 1 aliphatic heterocycles. The zero-order valence-electron chi connectivity index (χ0n) is 15.0. The minimum absolute atomic E-state index is 0.0549. The van der Waals surface area contributed by atoms with Crippen LogP contribution in [-0.2, 0) is 14.8 Å². The summed E-state index contributed by atoms with van der Waals surface area (Å²) >= 11 is 0. The van der Waals surface area contributed by atoms with Crippen molar-refractivity contribution in [2.45, 2.75) is 24.8 Å². The van der Waals surface area contributed by atoms with Crippen molar-refractivity contribution in [1.29, 1.82) is 0 Å². The average Bonchev–Trinajstić information content (AvgIpc) is 2.64. The highest BCUT2D eigenvalue weighted by Crippen LogP contribution is 2.33. The Labute approximate surface area is 153 Å². The lowest BCUT2D eigenvalue weighted by atomic mass is 10.1. The fourth-order valence-electron chi connectivity index (χ4n) is 3.03. The lowest BCUT2D eigenvalue weighted by Crippen LogP contribution is -2.42. The molecule has 1 atom stereocenters. The Balaban J connectivity index is 1.95. The molecule has 1 unspecified atom stereocenters. The summed E-state index contributed by atoms with van der Waals surface area (Å²) in [5, 5.41) is 0. The SMILES string of the molecule is COc1cc(C)c(C)cc1S(=O)(=O)N1CCOC(c2ccccc2F)C1. The van der Waals surface area contributed by atoms with Gasteiger partial charge in [-0.05, 0) is 43.2 Å². The van der Waals surface area contributed by atoms with Gasteiger partial charge in [-0.25, -0.2) is 12.8 Å². The Kier molecular flexibility index (Phi) is 5.32. The Bertz CT molecular complexity index is 914. The molecule has 2 aromatic carbocycles. The smallest absolute Gasteiger partial charge is 0.246 e. The number of nitrogens with zero attached hydrogens (tertiary/aromatic N) is 1. The maximum atomic E-state index is 14.1. The second kappa shape index (κ2) is 7.34. The van der Waals surface area contributed by atoms with Gasteiger partial charge in [-0.1, -0.05) is 18.2 Å². The molecule has 0 amide bonds. The monoisotopic (exact) mass is 379 g/mol. The molecule has 140 valence electrons. The molecule has 1 heterocycles. The topological polar surface area (TPSA) is 55.8 Å². The molecule has 1 aliphatic rings. The van der Waals surface area contributed by atoms with E-state index in [1.165, 1.54) is 17.5 Å². The van der Waals surface area contributed by atoms with Gasteiger partial charge >= 0.3 is 0 Å².